The van der Waals surface area contributed by atoms with E-state index in [-0.39, 0.29) is 0 Å². The van der Waals surface area contributed by atoms with E-state index in [1.54, 1.807) is 22.3 Å². The van der Waals surface area contributed by atoms with Crippen molar-refractivity contribution in [2.75, 3.05) is 0 Å². The number of halogens is 1. The Kier molecular flexibility index (Phi) is 6.71. The van der Waals surface area contributed by atoms with E-state index < -0.39 is 0 Å². The third-order valence-electron chi connectivity index (χ3n) is 4.90. The first kappa shape index (κ1) is 20.5. The Hall–Kier alpha value is -2.77. The molecule has 6 nitrogen and oxygen atoms in total. The van der Waals surface area contributed by atoms with Crippen LogP contribution in [0.1, 0.15) is 41.7 Å². The van der Waals surface area contributed by atoms with Crippen molar-refractivity contribution in [3.05, 3.63) is 81.3 Å². The number of tetrazole rings is 1. The van der Waals surface area contributed by atoms with Crippen molar-refractivity contribution in [2.45, 2.75) is 39.2 Å². The highest BCUT2D eigenvalue weighted by atomic mass is 35.5. The highest BCUT2D eigenvalue weighted by Gasteiger charge is 2.13. The fourth-order valence-corrected chi connectivity index (χ4v) is 4.23. The molecule has 3 aromatic heterocycles. The molecule has 0 saturated heterocycles. The maximum atomic E-state index is 6.45. The molecule has 0 saturated carbocycles. The molecule has 4 aromatic rings. The van der Waals surface area contributed by atoms with Crippen molar-refractivity contribution in [1.82, 2.24) is 29.8 Å². The van der Waals surface area contributed by atoms with E-state index >= 15 is 0 Å². The van der Waals surface area contributed by atoms with Gasteiger partial charge in [-0.1, -0.05) is 49.2 Å². The summed E-state index contributed by atoms with van der Waals surface area (Å²) < 4.78 is 3.97. The lowest BCUT2D eigenvalue weighted by molar-refractivity contribution is 0.674. The molecule has 154 valence electrons. The Morgan fingerprint density at radius 2 is 2.10 bits per heavy atom. The van der Waals surface area contributed by atoms with Gasteiger partial charge in [0.25, 0.3) is 0 Å². The van der Waals surface area contributed by atoms with E-state index in [4.69, 9.17) is 16.6 Å². The van der Waals surface area contributed by atoms with Crippen LogP contribution >= 0.6 is 22.9 Å². The average Bonchev–Trinajstić information content (AvgIpc) is 3.51. The molecule has 0 amide bonds. The van der Waals surface area contributed by atoms with Gasteiger partial charge in [0.2, 0.25) is 0 Å². The van der Waals surface area contributed by atoms with Crippen molar-refractivity contribution in [3.63, 3.8) is 0 Å². The molecular weight excluding hydrogens is 416 g/mol. The van der Waals surface area contributed by atoms with Crippen LogP contribution < -0.4 is 0 Å². The molecule has 30 heavy (non-hydrogen) atoms. The number of allylic oxidation sites excluding steroid dienone is 1. The second-order valence-electron chi connectivity index (χ2n) is 7.03. The number of rotatable bonds is 9. The number of hydrogen-bond donors (Lipinski definition) is 0. The van der Waals surface area contributed by atoms with Crippen LogP contribution in [0.4, 0.5) is 0 Å². The number of unbranched alkanes of at least 4 members (excludes halogenated alkanes) is 1. The Morgan fingerprint density at radius 3 is 2.83 bits per heavy atom. The minimum absolute atomic E-state index is 0.673. The van der Waals surface area contributed by atoms with E-state index in [0.717, 1.165) is 53.5 Å². The lowest BCUT2D eigenvalue weighted by atomic mass is 10.2. The molecule has 0 atom stereocenters. The molecule has 0 aliphatic carbocycles. The zero-order valence-corrected chi connectivity index (χ0v) is 18.4. The number of hydrogen-bond acceptors (Lipinski definition) is 5. The number of thiophene rings is 1. The van der Waals surface area contributed by atoms with Crippen LogP contribution in [0.5, 0.6) is 0 Å². The van der Waals surface area contributed by atoms with Crippen LogP contribution in [0.2, 0.25) is 5.02 Å². The Balaban J connectivity index is 1.74. The first-order chi connectivity index (χ1) is 14.7. The molecule has 4 rings (SSSR count). The predicted octanol–water partition coefficient (Wildman–Crippen LogP) is 5.22. The van der Waals surface area contributed by atoms with Crippen LogP contribution in [0, 0.1) is 0 Å². The van der Waals surface area contributed by atoms with Gasteiger partial charge >= 0.3 is 0 Å². The average molecular weight is 439 g/mol. The fourth-order valence-electron chi connectivity index (χ4n) is 3.31. The minimum atomic E-state index is 0.673. The first-order valence-electron chi connectivity index (χ1n) is 9.98. The molecule has 0 unspecified atom stereocenters. The molecule has 0 aliphatic heterocycles. The third-order valence-corrected chi connectivity index (χ3v) is 6.15. The maximum Gasteiger partial charge on any atom is 0.143 e. The highest BCUT2D eigenvalue weighted by molar-refractivity contribution is 7.10. The second kappa shape index (κ2) is 9.82. The maximum absolute atomic E-state index is 6.45. The van der Waals surface area contributed by atoms with Crippen molar-refractivity contribution in [2.24, 2.45) is 0 Å². The Labute approximate surface area is 184 Å². The van der Waals surface area contributed by atoms with Gasteiger partial charge in [0.05, 0.1) is 24.1 Å². The fraction of sp³-hybridized carbons (Fsp3) is 0.273. The lowest BCUT2D eigenvalue weighted by Gasteiger charge is -2.13. The van der Waals surface area contributed by atoms with Gasteiger partial charge in [0, 0.05) is 22.7 Å². The van der Waals surface area contributed by atoms with Gasteiger partial charge in [-0.15, -0.1) is 16.4 Å². The van der Waals surface area contributed by atoms with Gasteiger partial charge < -0.3 is 4.57 Å². The van der Waals surface area contributed by atoms with Gasteiger partial charge in [-0.25, -0.2) is 9.67 Å². The van der Waals surface area contributed by atoms with E-state index in [1.165, 1.54) is 4.88 Å². The minimum Gasteiger partial charge on any atom is -0.324 e. The van der Waals surface area contributed by atoms with Crippen molar-refractivity contribution in [3.8, 4) is 0 Å². The van der Waals surface area contributed by atoms with Gasteiger partial charge in [0.1, 0.15) is 12.2 Å². The molecule has 0 spiro atoms. The van der Waals surface area contributed by atoms with Crippen LogP contribution in [0.3, 0.4) is 0 Å². The van der Waals surface area contributed by atoms with Crippen molar-refractivity contribution < 1.29 is 0 Å². The Bertz CT molecular complexity index is 1100. The molecule has 3 heterocycles. The quantitative estimate of drug-likeness (QED) is 0.359. The lowest BCUT2D eigenvalue weighted by Crippen LogP contribution is -2.09. The molecule has 8 heteroatoms. The number of aromatic nitrogens is 6. The molecule has 0 bridgehead atoms. The van der Waals surface area contributed by atoms with E-state index in [0.29, 0.717) is 6.54 Å². The predicted molar refractivity (Wildman–Crippen MR) is 121 cm³/mol. The molecule has 0 radical (unpaired) electrons. The van der Waals surface area contributed by atoms with E-state index in [2.05, 4.69) is 56.7 Å². The summed E-state index contributed by atoms with van der Waals surface area (Å²) in [7, 11) is 0. The van der Waals surface area contributed by atoms with Gasteiger partial charge in [-0.3, -0.25) is 0 Å². The molecule has 0 N–H and O–H groups in total. The summed E-state index contributed by atoms with van der Waals surface area (Å²) in [6.07, 6.45) is 9.57. The second-order valence-corrected chi connectivity index (χ2v) is 8.47. The normalized spacial score (nSPS) is 11.9. The zero-order valence-electron chi connectivity index (χ0n) is 16.8. The molecule has 1 aromatic carbocycles. The van der Waals surface area contributed by atoms with Gasteiger partial charge in [0.15, 0.2) is 0 Å². The standard InChI is InChI=1S/C22H23ClN6S/c1-2-3-10-22-24-14-19(28(22)15-17-7-4-5-9-21(17)23)12-18(29-16-25-26-27-29)13-20-8-6-11-30-20/h4-9,11-12,14,16H,2-3,10,13,15H2,1H3/b18-12+. The third kappa shape index (κ3) is 4.86. The number of aryl methyl sites for hydroxylation is 1. The topological polar surface area (TPSA) is 61.4 Å². The summed E-state index contributed by atoms with van der Waals surface area (Å²) in [5.74, 6) is 1.07. The number of nitrogens with zero attached hydrogens (tertiary/aromatic N) is 6. The summed E-state index contributed by atoms with van der Waals surface area (Å²) in [6.45, 7) is 2.87. The monoisotopic (exact) mass is 438 g/mol. The summed E-state index contributed by atoms with van der Waals surface area (Å²) in [6, 6.07) is 12.1. The summed E-state index contributed by atoms with van der Waals surface area (Å²) in [4.78, 5) is 5.98. The zero-order chi connectivity index (χ0) is 20.8. The first-order valence-corrected chi connectivity index (χ1v) is 11.2. The Morgan fingerprint density at radius 1 is 1.20 bits per heavy atom. The van der Waals surface area contributed by atoms with Crippen LogP contribution in [0.25, 0.3) is 11.8 Å². The van der Waals surface area contributed by atoms with Crippen LogP contribution in [-0.4, -0.2) is 29.8 Å². The smallest absolute Gasteiger partial charge is 0.143 e. The van der Waals surface area contributed by atoms with Crippen molar-refractivity contribution in [1.29, 1.82) is 0 Å². The van der Waals surface area contributed by atoms with Crippen LogP contribution in [0.15, 0.2) is 54.3 Å². The van der Waals surface area contributed by atoms with Crippen LogP contribution in [-0.2, 0) is 19.4 Å². The largest absolute Gasteiger partial charge is 0.324 e. The molecule has 0 fully saturated rings. The van der Waals surface area contributed by atoms with E-state index in [1.807, 2.05) is 24.4 Å². The van der Waals surface area contributed by atoms with E-state index in [9.17, 15) is 0 Å². The van der Waals surface area contributed by atoms with Crippen molar-refractivity contribution >= 4 is 34.7 Å². The molecule has 0 aliphatic rings. The molecular formula is C22H23ClN6S. The summed E-state index contributed by atoms with van der Waals surface area (Å²) >= 11 is 8.18. The van der Waals surface area contributed by atoms with Gasteiger partial charge in [-0.05, 0) is 46.0 Å². The SMILES string of the molecule is CCCCc1ncc(/C=C(\Cc2cccs2)n2cnnn2)n1Cc1ccccc1Cl. The highest BCUT2D eigenvalue weighted by Crippen LogP contribution is 2.23. The number of imidazole rings is 1. The number of benzene rings is 1. The summed E-state index contributed by atoms with van der Waals surface area (Å²) in [5, 5.41) is 14.6. The summed E-state index contributed by atoms with van der Waals surface area (Å²) in [5.41, 5.74) is 3.08. The van der Waals surface area contributed by atoms with Gasteiger partial charge in [-0.2, -0.15) is 0 Å².